The van der Waals surface area contributed by atoms with Gasteiger partial charge in [0.15, 0.2) is 0 Å². The van der Waals surface area contributed by atoms with E-state index in [1.54, 1.807) is 11.8 Å². The Morgan fingerprint density at radius 1 is 1.47 bits per heavy atom. The fraction of sp³-hybridized carbons (Fsp3) is 0.364. The summed E-state index contributed by atoms with van der Waals surface area (Å²) >= 11 is 7.56. The topological polar surface area (TPSA) is 29.1 Å². The van der Waals surface area contributed by atoms with Crippen molar-refractivity contribution in [3.05, 3.63) is 34.9 Å². The molecule has 82 valence electrons. The Balaban J connectivity index is 2.32. The van der Waals surface area contributed by atoms with Gasteiger partial charge in [-0.1, -0.05) is 29.8 Å². The minimum absolute atomic E-state index is 0.0783. The molecule has 0 aromatic heterocycles. The van der Waals surface area contributed by atoms with Crippen LogP contribution >= 0.6 is 23.4 Å². The largest absolute Gasteiger partial charge is 0.356 e. The molecule has 0 aliphatic carbocycles. The molecule has 2 nitrogen and oxygen atoms in total. The first-order valence-electron chi connectivity index (χ1n) is 4.82. The van der Waals surface area contributed by atoms with Crippen molar-refractivity contribution in [2.45, 2.75) is 12.7 Å². The molecule has 0 aliphatic rings. The van der Waals surface area contributed by atoms with Crippen LogP contribution in [0.1, 0.15) is 12.5 Å². The third-order valence-electron chi connectivity index (χ3n) is 1.82. The minimum atomic E-state index is 0.0783. The summed E-state index contributed by atoms with van der Waals surface area (Å²) < 4.78 is 0. The van der Waals surface area contributed by atoms with E-state index in [0.29, 0.717) is 12.3 Å². The highest BCUT2D eigenvalue weighted by molar-refractivity contribution is 7.99. The van der Waals surface area contributed by atoms with Crippen molar-refractivity contribution >= 4 is 29.3 Å². The van der Waals surface area contributed by atoms with E-state index in [0.717, 1.165) is 16.3 Å². The average molecular weight is 244 g/mol. The molecule has 0 bridgehead atoms. The number of amides is 1. The van der Waals surface area contributed by atoms with E-state index in [4.69, 9.17) is 11.6 Å². The molecule has 0 unspecified atom stereocenters. The van der Waals surface area contributed by atoms with Gasteiger partial charge in [0, 0.05) is 17.3 Å². The molecule has 1 aromatic rings. The molecule has 0 aliphatic heterocycles. The predicted molar refractivity (Wildman–Crippen MR) is 66.3 cm³/mol. The van der Waals surface area contributed by atoms with Crippen LogP contribution in [-0.4, -0.2) is 18.2 Å². The summed E-state index contributed by atoms with van der Waals surface area (Å²) in [5.41, 5.74) is 1.08. The van der Waals surface area contributed by atoms with Crippen LogP contribution in [0.15, 0.2) is 24.3 Å². The summed E-state index contributed by atoms with van der Waals surface area (Å²) in [5, 5.41) is 3.52. The minimum Gasteiger partial charge on any atom is -0.356 e. The molecule has 0 saturated heterocycles. The molecule has 0 saturated carbocycles. The molecule has 1 amide bonds. The molecule has 0 fully saturated rings. The van der Waals surface area contributed by atoms with Gasteiger partial charge in [-0.3, -0.25) is 4.79 Å². The number of thioether (sulfide) groups is 1. The monoisotopic (exact) mass is 243 g/mol. The van der Waals surface area contributed by atoms with Crippen LogP contribution in [-0.2, 0) is 10.5 Å². The second-order valence-electron chi connectivity index (χ2n) is 3.04. The van der Waals surface area contributed by atoms with E-state index in [-0.39, 0.29) is 5.91 Å². The lowest BCUT2D eigenvalue weighted by molar-refractivity contribution is -0.118. The highest BCUT2D eigenvalue weighted by Gasteiger charge is 2.02. The number of halogens is 1. The number of hydrogen-bond donors (Lipinski definition) is 1. The first kappa shape index (κ1) is 12.4. The highest BCUT2D eigenvalue weighted by atomic mass is 35.5. The van der Waals surface area contributed by atoms with Gasteiger partial charge in [-0.2, -0.15) is 0 Å². The maximum Gasteiger partial charge on any atom is 0.229 e. The van der Waals surface area contributed by atoms with Crippen molar-refractivity contribution in [2.75, 3.05) is 12.3 Å². The summed E-state index contributed by atoms with van der Waals surface area (Å²) in [5.74, 6) is 1.34. The first-order valence-corrected chi connectivity index (χ1v) is 6.35. The third kappa shape index (κ3) is 4.58. The van der Waals surface area contributed by atoms with Crippen LogP contribution in [0.5, 0.6) is 0 Å². The van der Waals surface area contributed by atoms with Crippen LogP contribution in [0, 0.1) is 0 Å². The van der Waals surface area contributed by atoms with Crippen molar-refractivity contribution in [3.63, 3.8) is 0 Å². The van der Waals surface area contributed by atoms with Gasteiger partial charge in [-0.15, -0.1) is 11.8 Å². The van der Waals surface area contributed by atoms with Crippen molar-refractivity contribution in [1.82, 2.24) is 5.32 Å². The van der Waals surface area contributed by atoms with Crippen LogP contribution in [0.3, 0.4) is 0 Å². The summed E-state index contributed by atoms with van der Waals surface area (Å²) in [7, 11) is 0. The molecule has 1 aromatic carbocycles. The predicted octanol–water partition coefficient (Wildman–Crippen LogP) is 2.71. The van der Waals surface area contributed by atoms with E-state index in [2.05, 4.69) is 5.32 Å². The maximum absolute atomic E-state index is 11.2. The molecular formula is C11H14ClNOS. The Hall–Kier alpha value is -0.670. The normalized spacial score (nSPS) is 10.0. The number of hydrogen-bond acceptors (Lipinski definition) is 2. The quantitative estimate of drug-likeness (QED) is 0.862. The average Bonchev–Trinajstić information content (AvgIpc) is 2.21. The number of carbonyl (C=O) groups is 1. The molecule has 1 rings (SSSR count). The van der Waals surface area contributed by atoms with Crippen molar-refractivity contribution < 1.29 is 4.79 Å². The maximum atomic E-state index is 11.2. The number of carbonyl (C=O) groups excluding carboxylic acids is 1. The number of rotatable bonds is 5. The van der Waals surface area contributed by atoms with Gasteiger partial charge in [-0.25, -0.2) is 0 Å². The van der Waals surface area contributed by atoms with Crippen molar-refractivity contribution in [3.8, 4) is 0 Å². The Morgan fingerprint density at radius 3 is 2.87 bits per heavy atom. The van der Waals surface area contributed by atoms with Gasteiger partial charge in [0.25, 0.3) is 0 Å². The van der Waals surface area contributed by atoms with Gasteiger partial charge in [-0.05, 0) is 18.6 Å². The summed E-state index contributed by atoms with van der Waals surface area (Å²) in [6.07, 6.45) is 0. The fourth-order valence-electron chi connectivity index (χ4n) is 1.12. The Morgan fingerprint density at radius 2 is 2.20 bits per heavy atom. The van der Waals surface area contributed by atoms with Gasteiger partial charge < -0.3 is 5.32 Å². The van der Waals surface area contributed by atoms with E-state index >= 15 is 0 Å². The zero-order chi connectivity index (χ0) is 11.1. The molecule has 0 atom stereocenters. The lowest BCUT2D eigenvalue weighted by Gasteiger charge is -2.04. The lowest BCUT2D eigenvalue weighted by atomic mass is 10.2. The highest BCUT2D eigenvalue weighted by Crippen LogP contribution is 2.20. The van der Waals surface area contributed by atoms with Crippen LogP contribution in [0.25, 0.3) is 0 Å². The Labute approximate surface area is 99.4 Å². The summed E-state index contributed by atoms with van der Waals surface area (Å²) in [6.45, 7) is 2.60. The van der Waals surface area contributed by atoms with Crippen LogP contribution in [0.2, 0.25) is 5.02 Å². The smallest absolute Gasteiger partial charge is 0.229 e. The summed E-state index contributed by atoms with van der Waals surface area (Å²) in [4.78, 5) is 11.2. The lowest BCUT2D eigenvalue weighted by Crippen LogP contribution is -2.24. The molecule has 15 heavy (non-hydrogen) atoms. The molecule has 0 heterocycles. The molecule has 0 radical (unpaired) electrons. The summed E-state index contributed by atoms with van der Waals surface area (Å²) in [6, 6.07) is 7.70. The van der Waals surface area contributed by atoms with Gasteiger partial charge in [0.1, 0.15) is 0 Å². The van der Waals surface area contributed by atoms with Crippen LogP contribution in [0.4, 0.5) is 0 Å². The first-order chi connectivity index (χ1) is 7.24. The molecule has 4 heteroatoms. The second kappa shape index (κ2) is 6.75. The van der Waals surface area contributed by atoms with Gasteiger partial charge in [0.05, 0.1) is 5.75 Å². The zero-order valence-corrected chi connectivity index (χ0v) is 10.2. The van der Waals surface area contributed by atoms with Gasteiger partial charge in [0.2, 0.25) is 5.91 Å². The SMILES string of the molecule is CCNC(=O)CSCc1ccccc1Cl. The third-order valence-corrected chi connectivity index (χ3v) is 3.17. The standard InChI is InChI=1S/C11H14ClNOS/c1-2-13-11(14)8-15-7-9-5-3-4-6-10(9)12/h3-6H,2,7-8H2,1H3,(H,13,14). The Kier molecular flexibility index (Phi) is 5.58. The number of benzene rings is 1. The van der Waals surface area contributed by atoms with Crippen molar-refractivity contribution in [1.29, 1.82) is 0 Å². The van der Waals surface area contributed by atoms with E-state index < -0.39 is 0 Å². The fourth-order valence-corrected chi connectivity index (χ4v) is 2.26. The van der Waals surface area contributed by atoms with Crippen LogP contribution < -0.4 is 5.32 Å². The van der Waals surface area contributed by atoms with E-state index in [9.17, 15) is 4.79 Å². The van der Waals surface area contributed by atoms with Crippen molar-refractivity contribution in [2.24, 2.45) is 0 Å². The molecular weight excluding hydrogens is 230 g/mol. The Bertz CT molecular complexity index is 330. The molecule has 1 N–H and O–H groups in total. The van der Waals surface area contributed by atoms with Gasteiger partial charge >= 0.3 is 0 Å². The van der Waals surface area contributed by atoms with E-state index in [1.165, 1.54) is 0 Å². The number of nitrogens with one attached hydrogen (secondary N) is 1. The van der Waals surface area contributed by atoms with E-state index in [1.807, 2.05) is 31.2 Å². The zero-order valence-electron chi connectivity index (χ0n) is 8.63. The molecule has 0 spiro atoms. The second-order valence-corrected chi connectivity index (χ2v) is 4.43.